The number of nitrogens with zero attached hydrogens (tertiary/aromatic N) is 1. The van der Waals surface area contributed by atoms with E-state index in [1.807, 2.05) is 29.2 Å². The molecule has 0 saturated carbocycles. The molecule has 0 fully saturated rings. The predicted octanol–water partition coefficient (Wildman–Crippen LogP) is 3.86. The number of hydrogen-bond donors (Lipinski definition) is 2. The Kier molecular flexibility index (Phi) is 3.79. The molecule has 6 heteroatoms. The van der Waals surface area contributed by atoms with Gasteiger partial charge in [-0.2, -0.15) is 0 Å². The zero-order chi connectivity index (χ0) is 19.3. The van der Waals surface area contributed by atoms with Crippen LogP contribution in [0.4, 0.5) is 0 Å². The number of benzene rings is 2. The first-order chi connectivity index (χ1) is 13.7. The van der Waals surface area contributed by atoms with Gasteiger partial charge in [-0.05, 0) is 30.2 Å². The number of para-hydroxylation sites is 1. The minimum atomic E-state index is -0.00144. The van der Waals surface area contributed by atoms with Crippen LogP contribution < -0.4 is 9.47 Å². The normalized spacial score (nSPS) is 13.7. The average Bonchev–Trinajstić information content (AvgIpc) is 3.32. The maximum Gasteiger partial charge on any atom is 0.270 e. The summed E-state index contributed by atoms with van der Waals surface area (Å²) < 4.78 is 10.7. The number of aromatic amines is 2. The number of fused-ring (bicyclic) bond motifs is 4. The highest BCUT2D eigenvalue weighted by Crippen LogP contribution is 2.33. The lowest BCUT2D eigenvalue weighted by Crippen LogP contribution is -2.36. The second-order valence-corrected chi connectivity index (χ2v) is 7.08. The molecule has 0 aliphatic carbocycles. The van der Waals surface area contributed by atoms with E-state index in [2.05, 4.69) is 28.2 Å². The summed E-state index contributed by atoms with van der Waals surface area (Å²) in [6.07, 6.45) is 0.854. The van der Waals surface area contributed by atoms with Crippen LogP contribution in [0.15, 0.2) is 42.5 Å². The summed E-state index contributed by atoms with van der Waals surface area (Å²) in [6.45, 7) is 1.29. The zero-order valence-corrected chi connectivity index (χ0v) is 15.8. The van der Waals surface area contributed by atoms with Crippen molar-refractivity contribution in [2.24, 2.45) is 0 Å². The van der Waals surface area contributed by atoms with Gasteiger partial charge in [-0.1, -0.05) is 18.2 Å². The van der Waals surface area contributed by atoms with E-state index < -0.39 is 0 Å². The van der Waals surface area contributed by atoms with Gasteiger partial charge in [0.1, 0.15) is 5.69 Å². The van der Waals surface area contributed by atoms with Crippen molar-refractivity contribution in [2.75, 3.05) is 20.8 Å². The van der Waals surface area contributed by atoms with E-state index >= 15 is 0 Å². The molecule has 142 valence electrons. The van der Waals surface area contributed by atoms with Crippen LogP contribution in [0.2, 0.25) is 0 Å². The van der Waals surface area contributed by atoms with Crippen molar-refractivity contribution in [3.05, 3.63) is 59.4 Å². The third kappa shape index (κ3) is 2.52. The summed E-state index contributed by atoms with van der Waals surface area (Å²) in [7, 11) is 3.21. The molecule has 1 aliphatic heterocycles. The van der Waals surface area contributed by atoms with E-state index in [0.717, 1.165) is 28.5 Å². The number of aromatic nitrogens is 2. The Labute approximate surface area is 162 Å². The highest BCUT2D eigenvalue weighted by Gasteiger charge is 2.25. The van der Waals surface area contributed by atoms with E-state index in [1.165, 1.54) is 10.9 Å². The zero-order valence-electron chi connectivity index (χ0n) is 15.8. The third-order valence-corrected chi connectivity index (χ3v) is 5.53. The van der Waals surface area contributed by atoms with Gasteiger partial charge in [0.2, 0.25) is 0 Å². The SMILES string of the molecule is COc1cc2cc(C(=O)N3CCc4c([nH]c5ccccc45)C3)[nH]c2cc1OC. The number of rotatable bonds is 3. The molecule has 0 spiro atoms. The van der Waals surface area contributed by atoms with Crippen LogP contribution in [0.25, 0.3) is 21.8 Å². The monoisotopic (exact) mass is 375 g/mol. The summed E-state index contributed by atoms with van der Waals surface area (Å²) in [4.78, 5) is 21.7. The third-order valence-electron chi connectivity index (χ3n) is 5.53. The number of amides is 1. The fourth-order valence-electron chi connectivity index (χ4n) is 4.11. The molecule has 2 N–H and O–H groups in total. The lowest BCUT2D eigenvalue weighted by molar-refractivity contribution is 0.0728. The Bertz CT molecular complexity index is 1160. The first kappa shape index (κ1) is 16.7. The van der Waals surface area contributed by atoms with Crippen LogP contribution in [0, 0.1) is 0 Å². The van der Waals surface area contributed by atoms with E-state index in [4.69, 9.17) is 9.47 Å². The Morgan fingerprint density at radius 1 is 1.00 bits per heavy atom. The smallest absolute Gasteiger partial charge is 0.270 e. The maximum absolute atomic E-state index is 13.1. The van der Waals surface area contributed by atoms with Gasteiger partial charge in [0.15, 0.2) is 11.5 Å². The quantitative estimate of drug-likeness (QED) is 0.571. The number of hydrogen-bond acceptors (Lipinski definition) is 3. The second-order valence-electron chi connectivity index (χ2n) is 7.08. The van der Waals surface area contributed by atoms with Crippen molar-refractivity contribution in [1.29, 1.82) is 0 Å². The van der Waals surface area contributed by atoms with E-state index in [9.17, 15) is 4.79 Å². The molecule has 1 amide bonds. The second kappa shape index (κ2) is 6.34. The number of methoxy groups -OCH3 is 2. The molecule has 28 heavy (non-hydrogen) atoms. The lowest BCUT2D eigenvalue weighted by atomic mass is 10.0. The van der Waals surface area contributed by atoms with Crippen molar-refractivity contribution in [1.82, 2.24) is 14.9 Å². The number of nitrogens with one attached hydrogen (secondary N) is 2. The Balaban J connectivity index is 1.46. The largest absolute Gasteiger partial charge is 0.493 e. The van der Waals surface area contributed by atoms with Crippen molar-refractivity contribution in [3.63, 3.8) is 0 Å². The molecule has 0 radical (unpaired) electrons. The van der Waals surface area contributed by atoms with Gasteiger partial charge >= 0.3 is 0 Å². The molecule has 5 rings (SSSR count). The summed E-state index contributed by atoms with van der Waals surface area (Å²) in [5.74, 6) is 1.28. The molecule has 4 aromatic rings. The molecule has 1 aliphatic rings. The number of ether oxygens (including phenoxy) is 2. The molecular weight excluding hydrogens is 354 g/mol. The van der Waals surface area contributed by atoms with Crippen LogP contribution in [-0.2, 0) is 13.0 Å². The first-order valence-corrected chi connectivity index (χ1v) is 9.30. The van der Waals surface area contributed by atoms with Crippen molar-refractivity contribution in [2.45, 2.75) is 13.0 Å². The van der Waals surface area contributed by atoms with Crippen LogP contribution in [0.3, 0.4) is 0 Å². The maximum atomic E-state index is 13.1. The van der Waals surface area contributed by atoms with Crippen molar-refractivity contribution >= 4 is 27.7 Å². The summed E-state index contributed by atoms with van der Waals surface area (Å²) in [5, 5.41) is 2.18. The fraction of sp³-hybridized carbons (Fsp3) is 0.227. The van der Waals surface area contributed by atoms with E-state index in [1.54, 1.807) is 14.2 Å². The standard InChI is InChI=1S/C22H21N3O3/c1-27-20-10-13-9-18(24-17(13)11-21(20)28-2)22(26)25-8-7-15-14-5-3-4-6-16(14)23-19(15)12-25/h3-6,9-11,23-24H,7-8,12H2,1-2H3. The van der Waals surface area contributed by atoms with E-state index in [-0.39, 0.29) is 5.91 Å². The lowest BCUT2D eigenvalue weighted by Gasteiger charge is -2.26. The van der Waals surface area contributed by atoms with Crippen LogP contribution in [0.1, 0.15) is 21.7 Å². The van der Waals surface area contributed by atoms with Gasteiger partial charge in [-0.3, -0.25) is 4.79 Å². The highest BCUT2D eigenvalue weighted by molar-refractivity contribution is 5.99. The molecule has 6 nitrogen and oxygen atoms in total. The Morgan fingerprint density at radius 3 is 2.61 bits per heavy atom. The Hall–Kier alpha value is -3.41. The predicted molar refractivity (Wildman–Crippen MR) is 108 cm³/mol. The number of carbonyl (C=O) groups excluding carboxylic acids is 1. The minimum Gasteiger partial charge on any atom is -0.493 e. The minimum absolute atomic E-state index is 0.00144. The van der Waals surface area contributed by atoms with Crippen LogP contribution in [-0.4, -0.2) is 41.5 Å². The van der Waals surface area contributed by atoms with Gasteiger partial charge in [-0.25, -0.2) is 0 Å². The van der Waals surface area contributed by atoms with Crippen LogP contribution in [0.5, 0.6) is 11.5 Å². The van der Waals surface area contributed by atoms with Crippen molar-refractivity contribution < 1.29 is 14.3 Å². The highest BCUT2D eigenvalue weighted by atomic mass is 16.5. The Morgan fingerprint density at radius 2 is 1.79 bits per heavy atom. The van der Waals surface area contributed by atoms with Gasteiger partial charge < -0.3 is 24.3 Å². The first-order valence-electron chi connectivity index (χ1n) is 9.30. The number of H-pyrrole nitrogens is 2. The van der Waals surface area contributed by atoms with Crippen molar-refractivity contribution in [3.8, 4) is 11.5 Å². The van der Waals surface area contributed by atoms with Gasteiger partial charge in [0.05, 0.1) is 20.8 Å². The van der Waals surface area contributed by atoms with Gasteiger partial charge in [0, 0.05) is 40.1 Å². The van der Waals surface area contributed by atoms with Gasteiger partial charge in [0.25, 0.3) is 5.91 Å². The topological polar surface area (TPSA) is 70.3 Å². The molecule has 0 bridgehead atoms. The summed E-state index contributed by atoms with van der Waals surface area (Å²) in [5.41, 5.74) is 5.01. The van der Waals surface area contributed by atoms with Crippen LogP contribution >= 0.6 is 0 Å². The molecule has 0 atom stereocenters. The fourth-order valence-corrected chi connectivity index (χ4v) is 4.11. The molecule has 2 aromatic carbocycles. The van der Waals surface area contributed by atoms with E-state index in [0.29, 0.717) is 30.3 Å². The molecule has 0 unspecified atom stereocenters. The summed E-state index contributed by atoms with van der Waals surface area (Å²) in [6, 6.07) is 13.9. The average molecular weight is 375 g/mol. The molecular formula is C22H21N3O3. The van der Waals surface area contributed by atoms with Gasteiger partial charge in [-0.15, -0.1) is 0 Å². The molecule has 0 saturated heterocycles. The number of carbonyl (C=O) groups is 1. The molecule has 2 aromatic heterocycles. The molecule has 3 heterocycles. The summed E-state index contributed by atoms with van der Waals surface area (Å²) >= 11 is 0.